The molecule has 0 unspecified atom stereocenters. The van der Waals surface area contributed by atoms with Crippen molar-refractivity contribution in [2.75, 3.05) is 0 Å². The van der Waals surface area contributed by atoms with E-state index >= 15 is 0 Å². The van der Waals surface area contributed by atoms with Gasteiger partial charge in [-0.25, -0.2) is 0 Å². The van der Waals surface area contributed by atoms with Crippen LogP contribution in [-0.4, -0.2) is 17.4 Å². The molecule has 1 aliphatic heterocycles. The third-order valence-corrected chi connectivity index (χ3v) is 9.56. The van der Waals surface area contributed by atoms with Crippen LogP contribution >= 0.6 is 0 Å². The summed E-state index contributed by atoms with van der Waals surface area (Å²) in [6.07, 6.45) is 11.1. The predicted octanol–water partition coefficient (Wildman–Crippen LogP) is 4.84. The highest BCUT2D eigenvalue weighted by Crippen LogP contribution is 2.71. The van der Waals surface area contributed by atoms with Gasteiger partial charge >= 0.3 is 5.97 Å². The average molecular weight is 357 g/mol. The van der Waals surface area contributed by atoms with Crippen molar-refractivity contribution in [1.82, 2.24) is 0 Å². The molecule has 0 amide bonds. The lowest BCUT2D eigenvalue weighted by atomic mass is 9.45. The fourth-order valence-corrected chi connectivity index (χ4v) is 8.44. The highest BCUT2D eigenvalue weighted by molar-refractivity contribution is 5.91. The maximum absolute atomic E-state index is 12.0. The van der Waals surface area contributed by atoms with Crippen molar-refractivity contribution >= 4 is 11.8 Å². The van der Waals surface area contributed by atoms with Crippen LogP contribution in [0.1, 0.15) is 78.6 Å². The van der Waals surface area contributed by atoms with Gasteiger partial charge in [-0.3, -0.25) is 9.59 Å². The first-order valence-corrected chi connectivity index (χ1v) is 10.7. The Morgan fingerprint density at radius 2 is 1.85 bits per heavy atom. The quantitative estimate of drug-likeness (QED) is 0.583. The Balaban J connectivity index is 1.52. The predicted molar refractivity (Wildman–Crippen MR) is 99.3 cm³/mol. The van der Waals surface area contributed by atoms with E-state index in [-0.39, 0.29) is 22.4 Å². The molecule has 1 heterocycles. The van der Waals surface area contributed by atoms with E-state index in [2.05, 4.69) is 20.8 Å². The van der Waals surface area contributed by atoms with Crippen LogP contribution in [0.4, 0.5) is 0 Å². The molecule has 5 aliphatic rings. The van der Waals surface area contributed by atoms with E-state index in [0.717, 1.165) is 38.0 Å². The minimum absolute atomic E-state index is 0.0211. The van der Waals surface area contributed by atoms with Crippen LogP contribution in [0.2, 0.25) is 0 Å². The SMILES string of the molecule is C[C@H]1C[C@@]2(CCC(=O)O2)[C@@]2(C)CC[C@H]3[C@@H](CCC4=CC(=O)CC[C@@]43C)[C@H]12. The van der Waals surface area contributed by atoms with E-state index in [9.17, 15) is 9.59 Å². The molecule has 5 rings (SSSR count). The molecule has 4 aliphatic carbocycles. The average Bonchev–Trinajstić information content (AvgIpc) is 3.06. The van der Waals surface area contributed by atoms with E-state index in [1.807, 2.05) is 6.08 Å². The van der Waals surface area contributed by atoms with Gasteiger partial charge < -0.3 is 4.74 Å². The molecule has 3 nitrogen and oxygen atoms in total. The van der Waals surface area contributed by atoms with Gasteiger partial charge in [0, 0.05) is 18.3 Å². The third-order valence-electron chi connectivity index (χ3n) is 9.56. The third kappa shape index (κ3) is 1.95. The van der Waals surface area contributed by atoms with Gasteiger partial charge in [-0.15, -0.1) is 0 Å². The molecule has 1 spiro atoms. The van der Waals surface area contributed by atoms with E-state index in [4.69, 9.17) is 4.74 Å². The Morgan fingerprint density at radius 1 is 1.04 bits per heavy atom. The molecular formula is C23H32O3. The topological polar surface area (TPSA) is 43.4 Å². The Morgan fingerprint density at radius 3 is 2.58 bits per heavy atom. The molecule has 0 aromatic heterocycles. The Hall–Kier alpha value is -1.12. The fraction of sp³-hybridized carbons (Fsp3) is 0.826. The van der Waals surface area contributed by atoms with E-state index in [0.29, 0.717) is 30.0 Å². The Labute approximate surface area is 156 Å². The van der Waals surface area contributed by atoms with Crippen LogP contribution in [0, 0.1) is 34.5 Å². The molecule has 26 heavy (non-hydrogen) atoms. The standard InChI is InChI=1S/C23H32O3/c1-14-13-23(11-8-19(25)26-23)22(3)10-7-18-17(20(14)22)5-4-15-12-16(24)6-9-21(15,18)2/h12,14,17-18,20H,4-11,13H2,1-3H3/t14-,17+,18-,20-,21-,22-,23-/m0/s1. The number of fused-ring (bicyclic) bond motifs is 6. The second-order valence-corrected chi connectivity index (χ2v) is 10.5. The van der Waals surface area contributed by atoms with Crippen LogP contribution in [0.25, 0.3) is 0 Å². The number of ether oxygens (including phenoxy) is 1. The summed E-state index contributed by atoms with van der Waals surface area (Å²) in [5.74, 6) is 3.05. The first kappa shape index (κ1) is 17.0. The van der Waals surface area contributed by atoms with E-state index in [1.165, 1.54) is 24.8 Å². The van der Waals surface area contributed by atoms with Gasteiger partial charge in [0.2, 0.25) is 0 Å². The van der Waals surface area contributed by atoms with Crippen molar-refractivity contribution in [3.63, 3.8) is 0 Å². The minimum Gasteiger partial charge on any atom is -0.458 e. The number of esters is 1. The summed E-state index contributed by atoms with van der Waals surface area (Å²) in [7, 11) is 0. The monoisotopic (exact) mass is 356 g/mol. The first-order chi connectivity index (χ1) is 12.3. The van der Waals surface area contributed by atoms with Gasteiger partial charge in [0.15, 0.2) is 5.78 Å². The summed E-state index contributed by atoms with van der Waals surface area (Å²) in [5.41, 5.74) is 1.60. The van der Waals surface area contributed by atoms with Gasteiger partial charge in [-0.1, -0.05) is 26.3 Å². The van der Waals surface area contributed by atoms with Crippen LogP contribution in [0.3, 0.4) is 0 Å². The molecule has 142 valence electrons. The minimum atomic E-state index is -0.196. The fourth-order valence-electron chi connectivity index (χ4n) is 8.44. The molecule has 7 atom stereocenters. The lowest BCUT2D eigenvalue weighted by Crippen LogP contribution is -2.55. The van der Waals surface area contributed by atoms with Gasteiger partial charge in [0.25, 0.3) is 0 Å². The van der Waals surface area contributed by atoms with Crippen molar-refractivity contribution in [3.8, 4) is 0 Å². The molecule has 0 aromatic carbocycles. The molecule has 1 saturated heterocycles. The summed E-state index contributed by atoms with van der Waals surface area (Å²) in [5, 5.41) is 0. The highest BCUT2D eigenvalue weighted by atomic mass is 16.6. The second-order valence-electron chi connectivity index (χ2n) is 10.5. The Kier molecular flexibility index (Phi) is 3.42. The number of carbonyl (C=O) groups is 2. The molecular weight excluding hydrogens is 324 g/mol. The summed E-state index contributed by atoms with van der Waals surface area (Å²) < 4.78 is 6.08. The van der Waals surface area contributed by atoms with Crippen molar-refractivity contribution < 1.29 is 14.3 Å². The molecule has 3 saturated carbocycles. The van der Waals surface area contributed by atoms with Crippen LogP contribution in [-0.2, 0) is 14.3 Å². The van der Waals surface area contributed by atoms with E-state index < -0.39 is 0 Å². The number of rotatable bonds is 0. The van der Waals surface area contributed by atoms with Gasteiger partial charge in [0.05, 0.1) is 0 Å². The van der Waals surface area contributed by atoms with Gasteiger partial charge in [-0.2, -0.15) is 0 Å². The zero-order valence-corrected chi connectivity index (χ0v) is 16.5. The number of carbonyl (C=O) groups excluding carboxylic acids is 2. The maximum atomic E-state index is 12.0. The second kappa shape index (κ2) is 5.23. The number of hydrogen-bond donors (Lipinski definition) is 0. The zero-order valence-electron chi connectivity index (χ0n) is 16.5. The number of allylic oxidation sites excluding steroid dienone is 1. The van der Waals surface area contributed by atoms with Crippen LogP contribution in [0.15, 0.2) is 11.6 Å². The number of hydrogen-bond acceptors (Lipinski definition) is 3. The van der Waals surface area contributed by atoms with Crippen molar-refractivity contribution in [3.05, 3.63) is 11.6 Å². The van der Waals surface area contributed by atoms with Gasteiger partial charge in [0.1, 0.15) is 5.60 Å². The lowest BCUT2D eigenvalue weighted by molar-refractivity contribution is -0.168. The molecule has 4 fully saturated rings. The Bertz CT molecular complexity index is 708. The molecule has 3 heteroatoms. The molecule has 0 aromatic rings. The molecule has 0 radical (unpaired) electrons. The zero-order chi connectivity index (χ0) is 18.3. The maximum Gasteiger partial charge on any atom is 0.306 e. The summed E-state index contributed by atoms with van der Waals surface area (Å²) in [6, 6.07) is 0. The first-order valence-electron chi connectivity index (χ1n) is 10.7. The van der Waals surface area contributed by atoms with Crippen molar-refractivity contribution in [2.45, 2.75) is 84.2 Å². The largest absolute Gasteiger partial charge is 0.458 e. The lowest BCUT2D eigenvalue weighted by Gasteiger charge is -2.59. The van der Waals surface area contributed by atoms with Crippen LogP contribution in [0.5, 0.6) is 0 Å². The summed E-state index contributed by atoms with van der Waals surface area (Å²) in [4.78, 5) is 24.0. The smallest absolute Gasteiger partial charge is 0.306 e. The summed E-state index contributed by atoms with van der Waals surface area (Å²) in [6.45, 7) is 7.29. The van der Waals surface area contributed by atoms with Crippen LogP contribution < -0.4 is 0 Å². The summed E-state index contributed by atoms with van der Waals surface area (Å²) >= 11 is 0. The molecule has 0 N–H and O–H groups in total. The number of ketones is 1. The highest BCUT2D eigenvalue weighted by Gasteiger charge is 2.69. The van der Waals surface area contributed by atoms with Gasteiger partial charge in [-0.05, 0) is 80.1 Å². The van der Waals surface area contributed by atoms with E-state index in [1.54, 1.807) is 0 Å². The normalized spacial score (nSPS) is 53.0. The van der Waals surface area contributed by atoms with Crippen molar-refractivity contribution in [2.24, 2.45) is 34.5 Å². The molecule has 0 bridgehead atoms. The van der Waals surface area contributed by atoms with Crippen molar-refractivity contribution in [1.29, 1.82) is 0 Å².